The van der Waals surface area contributed by atoms with Crippen molar-refractivity contribution in [2.75, 3.05) is 11.9 Å². The fourth-order valence-corrected chi connectivity index (χ4v) is 2.29. The van der Waals surface area contributed by atoms with Crippen molar-refractivity contribution in [3.8, 4) is 0 Å². The van der Waals surface area contributed by atoms with E-state index in [1.54, 1.807) is 37.1 Å². The number of nitrogens with zero attached hydrogens (tertiary/aromatic N) is 3. The number of carbonyl (C=O) groups is 1. The number of rotatable bonds is 2. The van der Waals surface area contributed by atoms with Crippen LogP contribution < -0.4 is 5.32 Å². The second-order valence-corrected chi connectivity index (χ2v) is 5.04. The third-order valence-electron chi connectivity index (χ3n) is 3.14. The Balaban J connectivity index is 2.05. The third-order valence-corrected chi connectivity index (χ3v) is 3.14. The van der Waals surface area contributed by atoms with E-state index in [-0.39, 0.29) is 12.1 Å². The topological polar surface area (TPSA) is 78.4 Å². The highest BCUT2D eigenvalue weighted by Gasteiger charge is 2.38. The fourth-order valence-electron chi connectivity index (χ4n) is 2.29. The van der Waals surface area contributed by atoms with E-state index in [1.807, 2.05) is 0 Å². The summed E-state index contributed by atoms with van der Waals surface area (Å²) >= 11 is 0. The number of amides is 2. The van der Waals surface area contributed by atoms with E-state index in [4.69, 9.17) is 0 Å². The smallest absolute Gasteiger partial charge is 0.323 e. The molecule has 2 heterocycles. The van der Waals surface area contributed by atoms with Crippen LogP contribution in [0.1, 0.15) is 26.7 Å². The normalized spacial score (nSPS) is 19.9. The van der Waals surface area contributed by atoms with Crippen molar-refractivity contribution in [1.29, 1.82) is 0 Å². The monoisotopic (exact) mass is 250 g/mol. The molecule has 2 rings (SSSR count). The SMILES string of the molecule is CC(C)(O)[C@@H]1CCCN1C(=O)Nc1cccnn1. The van der Waals surface area contributed by atoms with Crippen LogP contribution in [0.2, 0.25) is 0 Å². The van der Waals surface area contributed by atoms with Gasteiger partial charge in [0.2, 0.25) is 0 Å². The van der Waals surface area contributed by atoms with Gasteiger partial charge in [-0.25, -0.2) is 4.79 Å². The summed E-state index contributed by atoms with van der Waals surface area (Å²) in [5.41, 5.74) is -0.893. The van der Waals surface area contributed by atoms with Gasteiger partial charge in [-0.15, -0.1) is 5.10 Å². The molecule has 0 spiro atoms. The molecule has 1 aromatic heterocycles. The van der Waals surface area contributed by atoms with Gasteiger partial charge in [-0.2, -0.15) is 5.10 Å². The molecule has 1 saturated heterocycles. The van der Waals surface area contributed by atoms with E-state index in [9.17, 15) is 9.90 Å². The van der Waals surface area contributed by atoms with Crippen LogP contribution in [0.3, 0.4) is 0 Å². The first-order valence-corrected chi connectivity index (χ1v) is 6.06. The second-order valence-electron chi connectivity index (χ2n) is 5.04. The number of likely N-dealkylation sites (tertiary alicyclic amines) is 1. The molecule has 1 atom stereocenters. The number of urea groups is 1. The maximum Gasteiger partial charge on any atom is 0.323 e. The van der Waals surface area contributed by atoms with Crippen LogP contribution in [0.5, 0.6) is 0 Å². The summed E-state index contributed by atoms with van der Waals surface area (Å²) in [4.78, 5) is 13.8. The van der Waals surface area contributed by atoms with Gasteiger partial charge < -0.3 is 10.0 Å². The van der Waals surface area contributed by atoms with Crippen LogP contribution in [0.4, 0.5) is 10.6 Å². The van der Waals surface area contributed by atoms with Crippen LogP contribution in [0.15, 0.2) is 18.3 Å². The number of hydrogen-bond acceptors (Lipinski definition) is 4. The van der Waals surface area contributed by atoms with Crippen LogP contribution >= 0.6 is 0 Å². The Labute approximate surface area is 106 Å². The first kappa shape index (κ1) is 12.8. The molecule has 0 aliphatic carbocycles. The van der Waals surface area contributed by atoms with Crippen molar-refractivity contribution < 1.29 is 9.90 Å². The fraction of sp³-hybridized carbons (Fsp3) is 0.583. The number of carbonyl (C=O) groups excluding carboxylic acids is 1. The van der Waals surface area contributed by atoms with Crippen LogP contribution in [-0.4, -0.2) is 44.4 Å². The lowest BCUT2D eigenvalue weighted by atomic mass is 9.97. The summed E-state index contributed by atoms with van der Waals surface area (Å²) in [5, 5.41) is 20.2. The number of aromatic nitrogens is 2. The summed E-state index contributed by atoms with van der Waals surface area (Å²) < 4.78 is 0. The molecule has 1 fully saturated rings. The Kier molecular flexibility index (Phi) is 3.47. The highest BCUT2D eigenvalue weighted by atomic mass is 16.3. The number of hydrogen-bond donors (Lipinski definition) is 2. The molecule has 0 aromatic carbocycles. The quantitative estimate of drug-likeness (QED) is 0.828. The highest BCUT2D eigenvalue weighted by molar-refractivity contribution is 5.88. The van der Waals surface area contributed by atoms with Crippen molar-refractivity contribution in [1.82, 2.24) is 15.1 Å². The van der Waals surface area contributed by atoms with E-state index in [2.05, 4.69) is 15.5 Å². The maximum atomic E-state index is 12.1. The predicted molar refractivity (Wildman–Crippen MR) is 67.1 cm³/mol. The Morgan fingerprint density at radius 2 is 2.39 bits per heavy atom. The minimum absolute atomic E-state index is 0.158. The van der Waals surface area contributed by atoms with E-state index in [1.165, 1.54) is 0 Å². The third kappa shape index (κ3) is 2.76. The average molecular weight is 250 g/mol. The molecule has 0 radical (unpaired) electrons. The van der Waals surface area contributed by atoms with E-state index >= 15 is 0 Å². The number of nitrogens with one attached hydrogen (secondary N) is 1. The van der Waals surface area contributed by atoms with Crippen molar-refractivity contribution in [2.45, 2.75) is 38.3 Å². The molecule has 0 unspecified atom stereocenters. The zero-order chi connectivity index (χ0) is 13.2. The Morgan fingerprint density at radius 3 is 3.00 bits per heavy atom. The average Bonchev–Trinajstić information content (AvgIpc) is 2.79. The van der Waals surface area contributed by atoms with Gasteiger partial charge in [0.1, 0.15) is 0 Å². The zero-order valence-corrected chi connectivity index (χ0v) is 10.6. The Bertz CT molecular complexity index is 416. The van der Waals surface area contributed by atoms with Crippen LogP contribution in [0, 0.1) is 0 Å². The second kappa shape index (κ2) is 4.89. The van der Waals surface area contributed by atoms with E-state index in [0.29, 0.717) is 12.4 Å². The molecule has 1 aliphatic rings. The van der Waals surface area contributed by atoms with Crippen molar-refractivity contribution in [3.05, 3.63) is 18.3 Å². The minimum atomic E-state index is -0.893. The van der Waals surface area contributed by atoms with Crippen molar-refractivity contribution in [3.63, 3.8) is 0 Å². The van der Waals surface area contributed by atoms with E-state index in [0.717, 1.165) is 12.8 Å². The predicted octanol–water partition coefficient (Wildman–Crippen LogP) is 1.24. The molecule has 0 bridgehead atoms. The van der Waals surface area contributed by atoms with Gasteiger partial charge in [0, 0.05) is 12.7 Å². The van der Waals surface area contributed by atoms with E-state index < -0.39 is 5.60 Å². The molecule has 0 saturated carbocycles. The summed E-state index contributed by atoms with van der Waals surface area (Å²) in [7, 11) is 0. The van der Waals surface area contributed by atoms with Gasteiger partial charge in [0.05, 0.1) is 11.6 Å². The van der Waals surface area contributed by atoms with Gasteiger partial charge in [-0.05, 0) is 38.8 Å². The zero-order valence-electron chi connectivity index (χ0n) is 10.6. The Morgan fingerprint density at radius 1 is 1.61 bits per heavy atom. The van der Waals surface area contributed by atoms with Gasteiger partial charge >= 0.3 is 6.03 Å². The number of aliphatic hydroxyl groups is 1. The molecule has 2 N–H and O–H groups in total. The molecule has 1 aliphatic heterocycles. The minimum Gasteiger partial charge on any atom is -0.388 e. The lowest BCUT2D eigenvalue weighted by Gasteiger charge is -2.33. The van der Waals surface area contributed by atoms with Crippen molar-refractivity contribution in [2.24, 2.45) is 0 Å². The van der Waals surface area contributed by atoms with Crippen LogP contribution in [-0.2, 0) is 0 Å². The summed E-state index contributed by atoms with van der Waals surface area (Å²) in [6, 6.07) is 2.99. The van der Waals surface area contributed by atoms with Gasteiger partial charge in [0.15, 0.2) is 5.82 Å². The molecule has 2 amide bonds. The first-order chi connectivity index (χ1) is 8.48. The largest absolute Gasteiger partial charge is 0.388 e. The molecule has 1 aromatic rings. The lowest BCUT2D eigenvalue weighted by molar-refractivity contribution is 0.0117. The Hall–Kier alpha value is -1.69. The molecule has 18 heavy (non-hydrogen) atoms. The van der Waals surface area contributed by atoms with Gasteiger partial charge in [-0.1, -0.05) is 0 Å². The highest BCUT2D eigenvalue weighted by Crippen LogP contribution is 2.27. The summed E-state index contributed by atoms with van der Waals surface area (Å²) in [6.45, 7) is 4.11. The standard InChI is InChI=1S/C12H18N4O2/c1-12(2,18)9-5-4-8-16(9)11(17)14-10-6-3-7-13-15-10/h3,6-7,9,18H,4-5,8H2,1-2H3,(H,14,15,17)/t9-/m0/s1. The molecule has 98 valence electrons. The molecule has 6 nitrogen and oxygen atoms in total. The van der Waals surface area contributed by atoms with Gasteiger partial charge in [0.25, 0.3) is 0 Å². The van der Waals surface area contributed by atoms with Crippen molar-refractivity contribution >= 4 is 11.8 Å². The lowest BCUT2D eigenvalue weighted by Crippen LogP contribution is -2.49. The molecular weight excluding hydrogens is 232 g/mol. The van der Waals surface area contributed by atoms with Gasteiger partial charge in [-0.3, -0.25) is 5.32 Å². The molecule has 6 heteroatoms. The number of anilines is 1. The molecular formula is C12H18N4O2. The summed E-state index contributed by atoms with van der Waals surface area (Å²) in [6.07, 6.45) is 3.27. The first-order valence-electron chi connectivity index (χ1n) is 6.06. The summed E-state index contributed by atoms with van der Waals surface area (Å²) in [5.74, 6) is 0.420. The maximum absolute atomic E-state index is 12.1. The van der Waals surface area contributed by atoms with Crippen LogP contribution in [0.25, 0.3) is 0 Å².